The summed E-state index contributed by atoms with van der Waals surface area (Å²) in [6, 6.07) is 15.1. The molecule has 0 unspecified atom stereocenters. The number of nitrogens with zero attached hydrogens (tertiary/aromatic N) is 4. The average molecular weight is 481 g/mol. The lowest BCUT2D eigenvalue weighted by Gasteiger charge is -2.48. The van der Waals surface area contributed by atoms with Crippen molar-refractivity contribution in [3.05, 3.63) is 64.7 Å². The zero-order valence-electron chi connectivity index (χ0n) is 19.4. The molecule has 0 bridgehead atoms. The average Bonchev–Trinajstić information content (AvgIpc) is 3.15. The Morgan fingerprint density at radius 2 is 1.71 bits per heavy atom. The van der Waals surface area contributed by atoms with E-state index < -0.39 is 5.66 Å². The van der Waals surface area contributed by atoms with Gasteiger partial charge in [-0.15, -0.1) is 0 Å². The fourth-order valence-electron chi connectivity index (χ4n) is 5.41. The molecule has 5 rings (SSSR count). The van der Waals surface area contributed by atoms with Crippen LogP contribution in [0.3, 0.4) is 0 Å². The summed E-state index contributed by atoms with van der Waals surface area (Å²) in [5.41, 5.74) is 1.69. The first kappa shape index (κ1) is 22.9. The number of amides is 3. The van der Waals surface area contributed by atoms with E-state index in [0.29, 0.717) is 43.7 Å². The number of hydrogen-bond donors (Lipinski definition) is 0. The van der Waals surface area contributed by atoms with E-state index in [4.69, 9.17) is 11.6 Å². The molecule has 3 amide bonds. The quantitative estimate of drug-likeness (QED) is 0.658. The number of halogens is 1. The van der Waals surface area contributed by atoms with Crippen molar-refractivity contribution in [3.63, 3.8) is 0 Å². The number of hydrogen-bond acceptors (Lipinski definition) is 4. The maximum Gasteiger partial charge on any atom is 0.257 e. The second kappa shape index (κ2) is 9.04. The van der Waals surface area contributed by atoms with Crippen molar-refractivity contribution in [3.8, 4) is 0 Å². The van der Waals surface area contributed by atoms with E-state index in [1.165, 1.54) is 5.56 Å². The van der Waals surface area contributed by atoms with Crippen LogP contribution in [0.25, 0.3) is 0 Å². The number of benzene rings is 2. The van der Waals surface area contributed by atoms with Gasteiger partial charge in [0.25, 0.3) is 5.91 Å². The van der Waals surface area contributed by atoms with Crippen molar-refractivity contribution >= 4 is 35.0 Å². The maximum atomic E-state index is 13.3. The first-order valence-electron chi connectivity index (χ1n) is 11.9. The molecule has 0 saturated carbocycles. The number of fused-ring (bicyclic) bond motifs is 3. The van der Waals surface area contributed by atoms with Gasteiger partial charge in [-0.2, -0.15) is 0 Å². The van der Waals surface area contributed by atoms with Gasteiger partial charge in [-0.25, -0.2) is 0 Å². The van der Waals surface area contributed by atoms with E-state index in [0.717, 1.165) is 24.7 Å². The maximum absolute atomic E-state index is 13.3. The van der Waals surface area contributed by atoms with Crippen molar-refractivity contribution in [1.82, 2.24) is 14.7 Å². The molecule has 3 heterocycles. The fraction of sp³-hybridized carbons (Fsp3) is 0.423. The van der Waals surface area contributed by atoms with Gasteiger partial charge in [-0.1, -0.05) is 35.9 Å². The number of piperazine rings is 1. The highest BCUT2D eigenvalue weighted by molar-refractivity contribution is 6.30. The number of carbonyl (C=O) groups excluding carboxylic acids is 3. The molecule has 2 aromatic rings. The number of carbonyl (C=O) groups is 3. The monoisotopic (exact) mass is 480 g/mol. The summed E-state index contributed by atoms with van der Waals surface area (Å²) in [5.74, 6) is -0.0301. The summed E-state index contributed by atoms with van der Waals surface area (Å²) < 4.78 is 0. The predicted molar refractivity (Wildman–Crippen MR) is 131 cm³/mol. The highest BCUT2D eigenvalue weighted by Gasteiger charge is 2.52. The molecule has 1 atom stereocenters. The molecular weight excluding hydrogens is 452 g/mol. The van der Waals surface area contributed by atoms with Crippen molar-refractivity contribution in [2.45, 2.75) is 38.4 Å². The Labute approximate surface area is 204 Å². The Kier molecular flexibility index (Phi) is 6.08. The molecule has 3 aliphatic heterocycles. The molecular formula is C26H29ClN4O3. The molecule has 34 heavy (non-hydrogen) atoms. The van der Waals surface area contributed by atoms with E-state index in [9.17, 15) is 14.4 Å². The minimum absolute atomic E-state index is 0.0237. The van der Waals surface area contributed by atoms with Crippen LogP contribution in [-0.2, 0) is 16.1 Å². The normalized spacial score (nSPS) is 22.7. The standard InChI is InChI=1S/C26H29ClN4O3/c1-26-12-10-24(33)31(26)22-5-3-2-4-21(22)25(34)30(26)13-11-23(32)29-16-14-28(15-17-29)18-19-6-8-20(27)9-7-19/h2-9H,10-18H2,1H3/t26-/m0/s1. The van der Waals surface area contributed by atoms with Crippen LogP contribution in [0.4, 0.5) is 5.69 Å². The molecule has 3 aliphatic rings. The first-order chi connectivity index (χ1) is 16.4. The zero-order valence-corrected chi connectivity index (χ0v) is 20.1. The summed E-state index contributed by atoms with van der Waals surface area (Å²) in [5, 5.41) is 0.730. The summed E-state index contributed by atoms with van der Waals surface area (Å²) >= 11 is 5.97. The minimum Gasteiger partial charge on any atom is -0.340 e. The Hall–Kier alpha value is -2.90. The van der Waals surface area contributed by atoms with Crippen LogP contribution in [0, 0.1) is 0 Å². The highest BCUT2D eigenvalue weighted by Crippen LogP contribution is 2.44. The SMILES string of the molecule is C[C@@]12CCC(=O)N1c1ccccc1C(=O)N2CCC(=O)N1CCN(Cc2ccc(Cl)cc2)CC1. The highest BCUT2D eigenvalue weighted by atomic mass is 35.5. The second-order valence-corrected chi connectivity index (χ2v) is 9.89. The van der Waals surface area contributed by atoms with E-state index >= 15 is 0 Å². The lowest BCUT2D eigenvalue weighted by Crippen LogP contribution is -2.62. The molecule has 178 valence electrons. The second-order valence-electron chi connectivity index (χ2n) is 9.45. The molecule has 2 saturated heterocycles. The lowest BCUT2D eigenvalue weighted by molar-refractivity contribution is -0.133. The molecule has 2 aromatic carbocycles. The summed E-state index contributed by atoms with van der Waals surface area (Å²) in [6.45, 7) is 6.04. The predicted octanol–water partition coefficient (Wildman–Crippen LogP) is 3.37. The van der Waals surface area contributed by atoms with Gasteiger partial charge in [-0.3, -0.25) is 24.2 Å². The third kappa shape index (κ3) is 4.07. The zero-order chi connectivity index (χ0) is 23.9. The third-order valence-electron chi connectivity index (χ3n) is 7.34. The molecule has 0 aliphatic carbocycles. The third-order valence-corrected chi connectivity index (χ3v) is 7.59. The lowest BCUT2D eigenvalue weighted by atomic mass is 9.98. The molecule has 8 heteroatoms. The molecule has 7 nitrogen and oxygen atoms in total. The fourth-order valence-corrected chi connectivity index (χ4v) is 5.54. The number of para-hydroxylation sites is 1. The van der Waals surface area contributed by atoms with Crippen LogP contribution in [0.5, 0.6) is 0 Å². The van der Waals surface area contributed by atoms with E-state index in [1.54, 1.807) is 15.9 Å². The van der Waals surface area contributed by atoms with Crippen LogP contribution in [0.15, 0.2) is 48.5 Å². The van der Waals surface area contributed by atoms with Gasteiger partial charge in [0.15, 0.2) is 0 Å². The van der Waals surface area contributed by atoms with Gasteiger partial charge in [0.2, 0.25) is 11.8 Å². The Bertz CT molecular complexity index is 1110. The number of rotatable bonds is 5. The van der Waals surface area contributed by atoms with Crippen molar-refractivity contribution in [1.29, 1.82) is 0 Å². The van der Waals surface area contributed by atoms with E-state index in [-0.39, 0.29) is 24.1 Å². The van der Waals surface area contributed by atoms with Crippen molar-refractivity contribution in [2.24, 2.45) is 0 Å². The van der Waals surface area contributed by atoms with Crippen LogP contribution >= 0.6 is 11.6 Å². The molecule has 0 radical (unpaired) electrons. The van der Waals surface area contributed by atoms with E-state index in [2.05, 4.69) is 4.90 Å². The topological polar surface area (TPSA) is 64.2 Å². The smallest absolute Gasteiger partial charge is 0.257 e. The largest absolute Gasteiger partial charge is 0.340 e. The summed E-state index contributed by atoms with van der Waals surface area (Å²) in [6.07, 6.45) is 1.23. The summed E-state index contributed by atoms with van der Waals surface area (Å²) in [7, 11) is 0. The van der Waals surface area contributed by atoms with Crippen molar-refractivity contribution in [2.75, 3.05) is 37.6 Å². The van der Waals surface area contributed by atoms with Gasteiger partial charge in [0.05, 0.1) is 11.3 Å². The van der Waals surface area contributed by atoms with E-state index in [1.807, 2.05) is 54.3 Å². The van der Waals surface area contributed by atoms with Crippen molar-refractivity contribution < 1.29 is 14.4 Å². The first-order valence-corrected chi connectivity index (χ1v) is 12.2. The Balaban J connectivity index is 1.20. The molecule has 0 N–H and O–H groups in total. The molecule has 0 spiro atoms. The van der Waals surface area contributed by atoms with Crippen LogP contribution < -0.4 is 4.90 Å². The Morgan fingerprint density at radius 1 is 1.00 bits per heavy atom. The van der Waals surface area contributed by atoms with Crippen LogP contribution in [0.1, 0.15) is 42.1 Å². The van der Waals surface area contributed by atoms with Gasteiger partial charge < -0.3 is 9.80 Å². The minimum atomic E-state index is -0.722. The van der Waals surface area contributed by atoms with Gasteiger partial charge in [0, 0.05) is 57.1 Å². The Morgan fingerprint density at radius 3 is 2.44 bits per heavy atom. The van der Waals surface area contributed by atoms with Gasteiger partial charge in [-0.05, 0) is 43.2 Å². The van der Waals surface area contributed by atoms with Gasteiger partial charge >= 0.3 is 0 Å². The molecule has 2 fully saturated rings. The number of anilines is 1. The van der Waals surface area contributed by atoms with Gasteiger partial charge in [0.1, 0.15) is 5.66 Å². The van der Waals surface area contributed by atoms with Crippen LogP contribution in [0.2, 0.25) is 5.02 Å². The molecule has 0 aromatic heterocycles. The summed E-state index contributed by atoms with van der Waals surface area (Å²) in [4.78, 5) is 46.8. The van der Waals surface area contributed by atoms with Crippen LogP contribution in [-0.4, -0.2) is 70.8 Å².